The summed E-state index contributed by atoms with van der Waals surface area (Å²) in [6.07, 6.45) is 56.6. The van der Waals surface area contributed by atoms with Crippen LogP contribution in [0.15, 0.2) is 109 Å². The van der Waals surface area contributed by atoms with Gasteiger partial charge in [0, 0.05) is 6.42 Å². The van der Waals surface area contributed by atoms with Crippen molar-refractivity contribution < 1.29 is 64.6 Å². The molecule has 2 heterocycles. The Balaban J connectivity index is 1.66. The molecule has 12 unspecified atom stereocenters. The molecule has 0 aliphatic carbocycles. The maximum atomic E-state index is 13.3. The first-order valence-corrected chi connectivity index (χ1v) is 32.1. The van der Waals surface area contributed by atoms with Crippen LogP contribution in [0.3, 0.4) is 0 Å². The number of amides is 1. The topological polar surface area (TPSA) is 228 Å². The van der Waals surface area contributed by atoms with Crippen molar-refractivity contribution in [1.82, 2.24) is 5.32 Å². The third kappa shape index (κ3) is 36.5. The fourth-order valence-corrected chi connectivity index (χ4v) is 9.88. The van der Waals surface area contributed by atoms with E-state index in [2.05, 4.69) is 129 Å². The second-order valence-electron chi connectivity index (χ2n) is 22.2. The molecule has 2 rings (SSSR count). The molecule has 2 aliphatic rings. The number of hydrogen-bond acceptors (Lipinski definition) is 13. The second kappa shape index (κ2) is 52.0. The van der Waals surface area contributed by atoms with E-state index in [1.807, 2.05) is 0 Å². The molecule has 0 saturated carbocycles. The number of carbonyl (C=O) groups is 1. The Labute approximate surface area is 495 Å². The molecule has 0 spiro atoms. The lowest BCUT2D eigenvalue weighted by Crippen LogP contribution is -2.65. The zero-order chi connectivity index (χ0) is 59.5. The van der Waals surface area contributed by atoms with Gasteiger partial charge < -0.3 is 65.1 Å². The monoisotopic (exact) mass is 1150 g/mol. The first-order valence-electron chi connectivity index (χ1n) is 32.1. The van der Waals surface area contributed by atoms with Crippen LogP contribution in [0.2, 0.25) is 0 Å². The van der Waals surface area contributed by atoms with Gasteiger partial charge in [-0.25, -0.2) is 0 Å². The molecule has 1 amide bonds. The lowest BCUT2D eigenvalue weighted by Gasteiger charge is -2.46. The highest BCUT2D eigenvalue weighted by atomic mass is 16.7. The minimum atomic E-state index is -1.79. The zero-order valence-corrected chi connectivity index (χ0v) is 50.7. The molecule has 0 aromatic carbocycles. The van der Waals surface area contributed by atoms with Crippen molar-refractivity contribution in [2.24, 2.45) is 0 Å². The van der Waals surface area contributed by atoms with Gasteiger partial charge in [-0.1, -0.05) is 239 Å². The molecular formula is C68H115NO13. The van der Waals surface area contributed by atoms with Gasteiger partial charge in [0.1, 0.15) is 48.8 Å². The van der Waals surface area contributed by atoms with Gasteiger partial charge in [0.15, 0.2) is 12.6 Å². The highest BCUT2D eigenvalue weighted by Gasteiger charge is 2.51. The van der Waals surface area contributed by atoms with Crippen molar-refractivity contribution >= 4 is 5.91 Å². The van der Waals surface area contributed by atoms with Crippen LogP contribution in [0.5, 0.6) is 0 Å². The van der Waals surface area contributed by atoms with Crippen molar-refractivity contribution in [3.63, 3.8) is 0 Å². The van der Waals surface area contributed by atoms with Crippen LogP contribution in [0, 0.1) is 0 Å². The number of aliphatic hydroxyl groups is 8. The second-order valence-corrected chi connectivity index (χ2v) is 22.2. The molecule has 2 fully saturated rings. The van der Waals surface area contributed by atoms with E-state index in [9.17, 15) is 45.6 Å². The van der Waals surface area contributed by atoms with Crippen LogP contribution in [-0.2, 0) is 23.7 Å². The van der Waals surface area contributed by atoms with E-state index in [0.717, 1.165) is 122 Å². The molecule has 0 bridgehead atoms. The molecule has 82 heavy (non-hydrogen) atoms. The Morgan fingerprint density at radius 2 is 0.841 bits per heavy atom. The Kier molecular flexibility index (Phi) is 47.4. The number of carbonyl (C=O) groups excluding carboxylic acids is 1. The number of nitrogens with one attached hydrogen (secondary N) is 1. The summed E-state index contributed by atoms with van der Waals surface area (Å²) >= 11 is 0. The summed E-state index contributed by atoms with van der Waals surface area (Å²) in [5.74, 6) is -0.223. The molecule has 0 aromatic heterocycles. The SMILES string of the molecule is CC/C=C\C/C=C\C/C=C\C/C=C\C/C=C\C/C=C\C/C=C\C/C=C\C/C=C\CCCCCCCCCC(=O)NC(COC1OC(CO)C(OC2OC(CO)C(O)C(O)C2O)C(O)C1O)C(O)CCCCCCCCCCCCCCC. The van der Waals surface area contributed by atoms with Gasteiger partial charge in [0.25, 0.3) is 0 Å². The standard InChI is InChI=1S/C68H115NO13/c1-3-5-7-9-11-13-15-17-18-19-20-21-22-23-24-25-26-27-28-29-30-31-32-33-34-35-36-37-38-40-42-44-46-48-50-52-60(73)69-56(57(72)51-49-47-45-43-41-39-16-14-12-10-8-6-4-2)55-79-67-65(78)63(76)66(59(54-71)81-67)82-68-64(77)62(75)61(74)58(53-70)80-68/h5,7,11,13,17-18,20-21,23-24,26-27,29-30,32-33,35-36,56-59,61-68,70-72,74-78H,3-4,6,8-10,12,14-16,19,22,25,28,31,34,37-55H2,1-2H3,(H,69,73)/b7-5-,13-11-,18-17-,21-20-,24-23-,27-26-,30-29-,33-32-,36-35-. The molecule has 470 valence electrons. The van der Waals surface area contributed by atoms with E-state index >= 15 is 0 Å². The van der Waals surface area contributed by atoms with Crippen LogP contribution < -0.4 is 5.32 Å². The van der Waals surface area contributed by atoms with E-state index in [1.54, 1.807) is 0 Å². The zero-order valence-electron chi connectivity index (χ0n) is 50.7. The van der Waals surface area contributed by atoms with Gasteiger partial charge >= 0.3 is 0 Å². The summed E-state index contributed by atoms with van der Waals surface area (Å²) in [6.45, 7) is 2.72. The van der Waals surface area contributed by atoms with Crippen molar-refractivity contribution in [3.8, 4) is 0 Å². The normalized spacial score (nSPS) is 24.7. The Morgan fingerprint density at radius 1 is 0.451 bits per heavy atom. The molecule has 12 atom stereocenters. The number of allylic oxidation sites excluding steroid dienone is 18. The number of rotatable bonds is 50. The summed E-state index contributed by atoms with van der Waals surface area (Å²) in [5.41, 5.74) is 0. The molecule has 2 saturated heterocycles. The lowest BCUT2D eigenvalue weighted by molar-refractivity contribution is -0.359. The van der Waals surface area contributed by atoms with Gasteiger partial charge in [-0.05, 0) is 83.5 Å². The summed E-state index contributed by atoms with van der Waals surface area (Å²) in [7, 11) is 0. The van der Waals surface area contributed by atoms with E-state index in [-0.39, 0.29) is 18.9 Å². The number of aliphatic hydroxyl groups excluding tert-OH is 8. The summed E-state index contributed by atoms with van der Waals surface area (Å²) < 4.78 is 22.8. The van der Waals surface area contributed by atoms with Crippen molar-refractivity contribution in [1.29, 1.82) is 0 Å². The van der Waals surface area contributed by atoms with Crippen LogP contribution in [0.25, 0.3) is 0 Å². The average Bonchev–Trinajstić information content (AvgIpc) is 3.56. The molecule has 2 aliphatic heterocycles. The smallest absolute Gasteiger partial charge is 0.220 e. The van der Waals surface area contributed by atoms with Crippen LogP contribution in [-0.4, -0.2) is 140 Å². The Hall–Kier alpha value is -3.35. The van der Waals surface area contributed by atoms with Gasteiger partial charge in [-0.3, -0.25) is 4.79 Å². The predicted molar refractivity (Wildman–Crippen MR) is 332 cm³/mol. The summed E-state index contributed by atoms with van der Waals surface area (Å²) in [6, 6.07) is -0.842. The quantitative estimate of drug-likeness (QED) is 0.0204. The third-order valence-electron chi connectivity index (χ3n) is 15.0. The van der Waals surface area contributed by atoms with Crippen molar-refractivity contribution in [2.75, 3.05) is 19.8 Å². The number of hydrogen-bond donors (Lipinski definition) is 9. The van der Waals surface area contributed by atoms with E-state index < -0.39 is 86.8 Å². The number of ether oxygens (including phenoxy) is 4. The van der Waals surface area contributed by atoms with Crippen molar-refractivity contribution in [2.45, 2.75) is 293 Å². The number of unbranched alkanes of at least 4 members (excludes halogenated alkanes) is 19. The fourth-order valence-electron chi connectivity index (χ4n) is 9.88. The molecular weight excluding hydrogens is 1040 g/mol. The largest absolute Gasteiger partial charge is 0.394 e. The van der Waals surface area contributed by atoms with Gasteiger partial charge in [-0.2, -0.15) is 0 Å². The maximum absolute atomic E-state index is 13.3. The highest BCUT2D eigenvalue weighted by Crippen LogP contribution is 2.30. The average molecular weight is 1150 g/mol. The third-order valence-corrected chi connectivity index (χ3v) is 15.0. The summed E-state index contributed by atoms with van der Waals surface area (Å²) in [5, 5.41) is 87.3. The fraction of sp³-hybridized carbons (Fsp3) is 0.721. The molecule has 0 radical (unpaired) electrons. The van der Waals surface area contributed by atoms with E-state index in [0.29, 0.717) is 12.8 Å². The summed E-state index contributed by atoms with van der Waals surface area (Å²) in [4.78, 5) is 13.3. The maximum Gasteiger partial charge on any atom is 0.220 e. The minimum Gasteiger partial charge on any atom is -0.394 e. The van der Waals surface area contributed by atoms with Gasteiger partial charge in [-0.15, -0.1) is 0 Å². The molecule has 9 N–H and O–H groups in total. The molecule has 14 nitrogen and oxygen atoms in total. The Morgan fingerprint density at radius 3 is 1.29 bits per heavy atom. The minimum absolute atomic E-state index is 0.223. The van der Waals surface area contributed by atoms with Gasteiger partial charge in [0.05, 0.1) is 32.0 Å². The molecule has 0 aromatic rings. The molecule has 14 heteroatoms. The first-order chi connectivity index (χ1) is 40.1. The van der Waals surface area contributed by atoms with Crippen LogP contribution in [0.1, 0.15) is 219 Å². The van der Waals surface area contributed by atoms with Gasteiger partial charge in [0.2, 0.25) is 5.91 Å². The van der Waals surface area contributed by atoms with E-state index in [1.165, 1.54) is 64.2 Å². The van der Waals surface area contributed by atoms with E-state index in [4.69, 9.17) is 18.9 Å². The van der Waals surface area contributed by atoms with Crippen LogP contribution >= 0.6 is 0 Å². The first kappa shape index (κ1) is 74.7. The lowest BCUT2D eigenvalue weighted by atomic mass is 9.97. The van der Waals surface area contributed by atoms with Crippen LogP contribution in [0.4, 0.5) is 0 Å². The predicted octanol–water partition coefficient (Wildman–Crippen LogP) is 12.0. The highest BCUT2D eigenvalue weighted by molar-refractivity contribution is 5.76. The Bertz CT molecular complexity index is 1790. The van der Waals surface area contributed by atoms with Crippen molar-refractivity contribution in [3.05, 3.63) is 109 Å².